The van der Waals surface area contributed by atoms with Gasteiger partial charge >= 0.3 is 0 Å². The Hall–Kier alpha value is -2.64. The molecule has 0 N–H and O–H groups in total. The van der Waals surface area contributed by atoms with Gasteiger partial charge in [-0.25, -0.2) is 0 Å². The summed E-state index contributed by atoms with van der Waals surface area (Å²) in [6.07, 6.45) is 7.64. The highest BCUT2D eigenvalue weighted by Gasteiger charge is 2.29. The van der Waals surface area contributed by atoms with Crippen molar-refractivity contribution in [2.75, 3.05) is 13.1 Å². The zero-order chi connectivity index (χ0) is 21.0. The topological polar surface area (TPSA) is 33.2 Å². The second kappa shape index (κ2) is 8.80. The van der Waals surface area contributed by atoms with Gasteiger partial charge in [-0.05, 0) is 41.5 Å². The van der Waals surface area contributed by atoms with Crippen LogP contribution in [-0.4, -0.2) is 28.9 Å². The molecule has 1 unspecified atom stereocenters. The molecule has 0 spiro atoms. The molecule has 2 aromatic rings. The molecule has 1 amide bonds. The summed E-state index contributed by atoms with van der Waals surface area (Å²) in [6.45, 7) is 14.1. The van der Waals surface area contributed by atoms with Crippen LogP contribution in [0.5, 0.6) is 0 Å². The predicted octanol–water partition coefficient (Wildman–Crippen LogP) is 5.89. The van der Waals surface area contributed by atoms with Crippen LogP contribution in [0, 0.1) is 11.3 Å². The van der Waals surface area contributed by atoms with Gasteiger partial charge in [-0.3, -0.25) is 9.78 Å². The number of hydrogen-bond acceptors (Lipinski definition) is 2. The summed E-state index contributed by atoms with van der Waals surface area (Å²) in [5.41, 5.74) is 6.65. The SMILES string of the molecule is C=C=C(C(C)c1cccc2cccnc12)[C@H]1CCCN(C(=O)C=CC(C)(C)C)C1. The Bertz CT molecular complexity index is 955. The summed E-state index contributed by atoms with van der Waals surface area (Å²) in [5, 5.41) is 1.15. The fourth-order valence-corrected chi connectivity index (χ4v) is 4.15. The first-order valence-corrected chi connectivity index (χ1v) is 10.5. The number of rotatable bonds is 4. The van der Waals surface area contributed by atoms with Crippen molar-refractivity contribution >= 4 is 16.8 Å². The number of pyridine rings is 1. The summed E-state index contributed by atoms with van der Waals surface area (Å²) in [7, 11) is 0. The Morgan fingerprint density at radius 1 is 1.31 bits per heavy atom. The third-order valence-electron chi connectivity index (χ3n) is 5.70. The van der Waals surface area contributed by atoms with Gasteiger partial charge in [0.1, 0.15) is 0 Å². The Morgan fingerprint density at radius 3 is 2.79 bits per heavy atom. The minimum Gasteiger partial charge on any atom is -0.339 e. The maximum Gasteiger partial charge on any atom is 0.246 e. The molecule has 2 atom stereocenters. The number of fused-ring (bicyclic) bond motifs is 1. The Labute approximate surface area is 174 Å². The zero-order valence-corrected chi connectivity index (χ0v) is 18.1. The van der Waals surface area contributed by atoms with Crippen molar-refractivity contribution in [3.63, 3.8) is 0 Å². The molecule has 1 aromatic carbocycles. The number of benzene rings is 1. The summed E-state index contributed by atoms with van der Waals surface area (Å²) < 4.78 is 0. The quantitative estimate of drug-likeness (QED) is 0.483. The second-order valence-electron chi connectivity index (χ2n) is 9.10. The molecule has 1 aromatic heterocycles. The van der Waals surface area contributed by atoms with Crippen LogP contribution in [0.2, 0.25) is 0 Å². The summed E-state index contributed by atoms with van der Waals surface area (Å²) in [6, 6.07) is 10.4. The number of piperidine rings is 1. The van der Waals surface area contributed by atoms with Crippen LogP contribution >= 0.6 is 0 Å². The molecular formula is C26H32N2O. The van der Waals surface area contributed by atoms with Crippen LogP contribution in [0.15, 0.2) is 66.6 Å². The van der Waals surface area contributed by atoms with Gasteiger partial charge in [0.25, 0.3) is 0 Å². The molecule has 29 heavy (non-hydrogen) atoms. The Balaban J connectivity index is 1.81. The fourth-order valence-electron chi connectivity index (χ4n) is 4.15. The van der Waals surface area contributed by atoms with Gasteiger partial charge in [-0.15, -0.1) is 5.73 Å². The average molecular weight is 389 g/mol. The van der Waals surface area contributed by atoms with Crippen LogP contribution in [0.3, 0.4) is 0 Å². The van der Waals surface area contributed by atoms with E-state index in [0.29, 0.717) is 0 Å². The molecule has 0 saturated carbocycles. The van der Waals surface area contributed by atoms with Gasteiger partial charge in [0.15, 0.2) is 0 Å². The van der Waals surface area contributed by atoms with Gasteiger partial charge < -0.3 is 4.90 Å². The lowest BCUT2D eigenvalue weighted by Crippen LogP contribution is -2.40. The van der Waals surface area contributed by atoms with Gasteiger partial charge in [-0.1, -0.05) is 64.6 Å². The van der Waals surface area contributed by atoms with Gasteiger partial charge in [0.2, 0.25) is 5.91 Å². The van der Waals surface area contributed by atoms with Crippen molar-refractivity contribution in [2.24, 2.45) is 11.3 Å². The molecule has 1 aliphatic rings. The third kappa shape index (κ3) is 5.05. The molecule has 3 heteroatoms. The number of nitrogens with zero attached hydrogens (tertiary/aromatic N) is 2. The van der Waals surface area contributed by atoms with Crippen molar-refractivity contribution in [3.05, 3.63) is 72.1 Å². The molecule has 2 heterocycles. The van der Waals surface area contributed by atoms with E-state index in [9.17, 15) is 4.79 Å². The minimum absolute atomic E-state index is 0.00685. The molecule has 152 valence electrons. The van der Waals surface area contributed by atoms with Crippen LogP contribution in [-0.2, 0) is 4.79 Å². The zero-order valence-electron chi connectivity index (χ0n) is 18.1. The first-order chi connectivity index (χ1) is 13.8. The van der Waals surface area contributed by atoms with Gasteiger partial charge in [-0.2, -0.15) is 0 Å². The predicted molar refractivity (Wildman–Crippen MR) is 121 cm³/mol. The van der Waals surface area contributed by atoms with E-state index in [1.54, 1.807) is 6.08 Å². The van der Waals surface area contributed by atoms with E-state index < -0.39 is 0 Å². The normalized spacial score (nSPS) is 18.6. The number of amides is 1. The molecule has 1 saturated heterocycles. The monoisotopic (exact) mass is 388 g/mol. The number of para-hydroxylation sites is 1. The van der Waals surface area contributed by atoms with E-state index >= 15 is 0 Å². The second-order valence-corrected chi connectivity index (χ2v) is 9.10. The molecule has 3 rings (SSSR count). The molecule has 0 radical (unpaired) electrons. The molecule has 1 aliphatic heterocycles. The molecule has 0 bridgehead atoms. The lowest BCUT2D eigenvalue weighted by atomic mass is 9.80. The largest absolute Gasteiger partial charge is 0.339 e. The van der Waals surface area contributed by atoms with Crippen molar-refractivity contribution in [2.45, 2.75) is 46.5 Å². The fraction of sp³-hybridized carbons (Fsp3) is 0.423. The highest BCUT2D eigenvalue weighted by molar-refractivity contribution is 5.87. The van der Waals surface area contributed by atoms with Crippen LogP contribution in [0.1, 0.15) is 52.0 Å². The standard InChI is InChI=1S/C26H32N2O/c1-6-22(19(2)23-13-7-10-20-11-8-16-27-25(20)23)21-12-9-17-28(18-21)24(29)14-15-26(3,4)5/h7-8,10-11,13-16,19,21H,1,9,12,17-18H2,2-5H3/t19?,21-/m0/s1. The number of aromatic nitrogens is 1. The molecule has 3 nitrogen and oxygen atoms in total. The van der Waals surface area contributed by atoms with Crippen LogP contribution in [0.25, 0.3) is 10.9 Å². The van der Waals surface area contributed by atoms with Crippen molar-refractivity contribution in [3.8, 4) is 0 Å². The van der Waals surface area contributed by atoms with Crippen molar-refractivity contribution < 1.29 is 4.79 Å². The van der Waals surface area contributed by atoms with Crippen LogP contribution < -0.4 is 0 Å². The molecular weight excluding hydrogens is 356 g/mol. The lowest BCUT2D eigenvalue weighted by molar-refractivity contribution is -0.127. The molecule has 0 aliphatic carbocycles. The first kappa shape index (κ1) is 21.1. The number of carbonyl (C=O) groups excluding carboxylic acids is 1. The van der Waals surface area contributed by atoms with E-state index in [1.807, 2.05) is 23.2 Å². The molecule has 1 fully saturated rings. The number of carbonyl (C=O) groups is 1. The number of hydrogen-bond donors (Lipinski definition) is 0. The van der Waals surface area contributed by atoms with Gasteiger partial charge in [0, 0.05) is 36.5 Å². The number of likely N-dealkylation sites (tertiary alicyclic amines) is 1. The maximum absolute atomic E-state index is 12.7. The first-order valence-electron chi connectivity index (χ1n) is 10.5. The Kier molecular flexibility index (Phi) is 6.39. The van der Waals surface area contributed by atoms with Crippen molar-refractivity contribution in [1.82, 2.24) is 9.88 Å². The van der Waals surface area contributed by atoms with E-state index in [2.05, 4.69) is 69.3 Å². The van der Waals surface area contributed by atoms with Gasteiger partial charge in [0.05, 0.1) is 5.52 Å². The Morgan fingerprint density at radius 2 is 2.07 bits per heavy atom. The highest BCUT2D eigenvalue weighted by Crippen LogP contribution is 2.36. The average Bonchev–Trinajstić information content (AvgIpc) is 2.71. The van der Waals surface area contributed by atoms with E-state index in [-0.39, 0.29) is 23.2 Å². The number of allylic oxidation sites excluding steroid dienone is 1. The van der Waals surface area contributed by atoms with E-state index in [0.717, 1.165) is 36.8 Å². The van der Waals surface area contributed by atoms with Crippen LogP contribution in [0.4, 0.5) is 0 Å². The lowest BCUT2D eigenvalue weighted by Gasteiger charge is -2.35. The van der Waals surface area contributed by atoms with Crippen molar-refractivity contribution in [1.29, 1.82) is 0 Å². The maximum atomic E-state index is 12.7. The third-order valence-corrected chi connectivity index (χ3v) is 5.70. The summed E-state index contributed by atoms with van der Waals surface area (Å²) in [5.74, 6) is 0.547. The van der Waals surface area contributed by atoms with E-state index in [1.165, 1.54) is 11.1 Å². The highest BCUT2D eigenvalue weighted by atomic mass is 16.2. The summed E-state index contributed by atoms with van der Waals surface area (Å²) in [4.78, 5) is 19.3. The minimum atomic E-state index is 0.00685. The smallest absolute Gasteiger partial charge is 0.246 e. The summed E-state index contributed by atoms with van der Waals surface area (Å²) >= 11 is 0. The van der Waals surface area contributed by atoms with E-state index in [4.69, 9.17) is 0 Å².